The Kier molecular flexibility index (Phi) is 2.13. The van der Waals surface area contributed by atoms with Crippen molar-refractivity contribution in [3.05, 3.63) is 0 Å². The highest BCUT2D eigenvalue weighted by Crippen LogP contribution is 2.32. The highest BCUT2D eigenvalue weighted by Gasteiger charge is 2.39. The topological polar surface area (TPSA) is 12.5 Å². The predicted octanol–water partition coefficient (Wildman–Crippen LogP) is 1.50. The van der Waals surface area contributed by atoms with E-state index in [-0.39, 0.29) is 0 Å². The lowest BCUT2D eigenvalue weighted by molar-refractivity contribution is 0.0239. The molecule has 2 fully saturated rings. The third-order valence-electron chi connectivity index (χ3n) is 3.31. The first-order valence-corrected chi connectivity index (χ1v) is 5.06. The molecule has 0 unspecified atom stereocenters. The van der Waals surface area contributed by atoms with E-state index in [1.807, 2.05) is 0 Å². The molecule has 0 radical (unpaired) electrons. The Morgan fingerprint density at radius 3 is 2.83 bits per heavy atom. The van der Waals surface area contributed by atoms with Gasteiger partial charge in [-0.1, -0.05) is 0 Å². The van der Waals surface area contributed by atoms with E-state index in [1.54, 1.807) is 0 Å². The summed E-state index contributed by atoms with van der Waals surface area (Å²) in [5.41, 5.74) is 0. The van der Waals surface area contributed by atoms with Crippen LogP contribution >= 0.6 is 0 Å². The fourth-order valence-corrected chi connectivity index (χ4v) is 2.55. The molecule has 2 heterocycles. The second kappa shape index (κ2) is 3.00. The van der Waals surface area contributed by atoms with E-state index in [9.17, 15) is 0 Å². The Labute approximate surface area is 74.9 Å². The maximum atomic E-state index is 5.73. The molecule has 0 amide bonds. The summed E-state index contributed by atoms with van der Waals surface area (Å²) < 4.78 is 5.73. The second-order valence-corrected chi connectivity index (χ2v) is 4.50. The van der Waals surface area contributed by atoms with Crippen LogP contribution in [0, 0.1) is 5.92 Å². The minimum Gasteiger partial charge on any atom is -0.376 e. The Morgan fingerprint density at radius 1 is 1.42 bits per heavy atom. The molecule has 0 aromatic rings. The van der Waals surface area contributed by atoms with Gasteiger partial charge in [-0.15, -0.1) is 0 Å². The maximum Gasteiger partial charge on any atom is 0.0731 e. The van der Waals surface area contributed by atoms with Crippen LogP contribution in [0.1, 0.15) is 27.2 Å². The van der Waals surface area contributed by atoms with Crippen molar-refractivity contribution in [1.29, 1.82) is 0 Å². The van der Waals surface area contributed by atoms with E-state index >= 15 is 0 Å². The molecule has 2 nitrogen and oxygen atoms in total. The molecule has 3 atom stereocenters. The molecular weight excluding hydrogens is 150 g/mol. The van der Waals surface area contributed by atoms with Crippen LogP contribution in [0.15, 0.2) is 0 Å². The first-order valence-electron chi connectivity index (χ1n) is 5.06. The lowest BCUT2D eigenvalue weighted by Crippen LogP contribution is -2.49. The molecule has 2 rings (SSSR count). The molecule has 2 bridgehead atoms. The van der Waals surface area contributed by atoms with Crippen LogP contribution in [-0.4, -0.2) is 36.2 Å². The Balaban J connectivity index is 2.07. The van der Waals surface area contributed by atoms with Crippen molar-refractivity contribution in [3.8, 4) is 0 Å². The normalized spacial score (nSPS) is 42.5. The van der Waals surface area contributed by atoms with Gasteiger partial charge in [-0.2, -0.15) is 0 Å². The number of hydrogen-bond donors (Lipinski definition) is 0. The zero-order valence-electron chi connectivity index (χ0n) is 8.29. The monoisotopic (exact) mass is 169 g/mol. The largest absolute Gasteiger partial charge is 0.376 e. The van der Waals surface area contributed by atoms with Gasteiger partial charge in [-0.3, -0.25) is 4.90 Å². The lowest BCUT2D eigenvalue weighted by atomic mass is 9.93. The van der Waals surface area contributed by atoms with Crippen molar-refractivity contribution >= 4 is 0 Å². The SMILES string of the molecule is CC(C)N1C[C@@H]2CO[C@@H](C2)[C@H]1C. The number of ether oxygens (including phenoxy) is 1. The molecule has 0 aromatic heterocycles. The Hall–Kier alpha value is -0.0800. The van der Waals surface area contributed by atoms with Gasteiger partial charge in [0.15, 0.2) is 0 Å². The summed E-state index contributed by atoms with van der Waals surface area (Å²) in [4.78, 5) is 2.58. The van der Waals surface area contributed by atoms with Crippen LogP contribution in [0.2, 0.25) is 0 Å². The molecule has 0 saturated carbocycles. The molecule has 12 heavy (non-hydrogen) atoms. The zero-order valence-corrected chi connectivity index (χ0v) is 8.29. The number of nitrogens with zero attached hydrogens (tertiary/aromatic N) is 1. The molecule has 0 aliphatic carbocycles. The van der Waals surface area contributed by atoms with Gasteiger partial charge in [-0.25, -0.2) is 0 Å². The van der Waals surface area contributed by atoms with Gasteiger partial charge in [-0.05, 0) is 33.1 Å². The average Bonchev–Trinajstić information content (AvgIpc) is 2.41. The first kappa shape index (κ1) is 8.52. The average molecular weight is 169 g/mol. The molecule has 0 N–H and O–H groups in total. The summed E-state index contributed by atoms with van der Waals surface area (Å²) in [5.74, 6) is 0.814. The van der Waals surface area contributed by atoms with Gasteiger partial charge in [0.05, 0.1) is 12.7 Å². The van der Waals surface area contributed by atoms with Gasteiger partial charge < -0.3 is 4.74 Å². The lowest BCUT2D eigenvalue weighted by Gasteiger charge is -2.39. The van der Waals surface area contributed by atoms with Crippen LogP contribution < -0.4 is 0 Å². The number of likely N-dealkylation sites (tertiary alicyclic amines) is 1. The fraction of sp³-hybridized carbons (Fsp3) is 1.00. The molecule has 2 aliphatic heterocycles. The first-order chi connectivity index (χ1) is 5.68. The minimum absolute atomic E-state index is 0.520. The highest BCUT2D eigenvalue weighted by molar-refractivity contribution is 4.91. The van der Waals surface area contributed by atoms with Gasteiger partial charge >= 0.3 is 0 Å². The van der Waals surface area contributed by atoms with E-state index in [2.05, 4.69) is 25.7 Å². The van der Waals surface area contributed by atoms with Crippen molar-refractivity contribution < 1.29 is 4.74 Å². The van der Waals surface area contributed by atoms with Gasteiger partial charge in [0.2, 0.25) is 0 Å². The number of rotatable bonds is 1. The van der Waals surface area contributed by atoms with Gasteiger partial charge in [0.1, 0.15) is 0 Å². The number of hydrogen-bond acceptors (Lipinski definition) is 2. The van der Waals surface area contributed by atoms with Crippen molar-refractivity contribution in [3.63, 3.8) is 0 Å². The van der Waals surface area contributed by atoms with Crippen molar-refractivity contribution in [2.75, 3.05) is 13.2 Å². The van der Waals surface area contributed by atoms with Crippen LogP contribution in [0.4, 0.5) is 0 Å². The van der Waals surface area contributed by atoms with Crippen molar-refractivity contribution in [2.45, 2.75) is 45.4 Å². The van der Waals surface area contributed by atoms with E-state index in [1.165, 1.54) is 13.0 Å². The predicted molar refractivity (Wildman–Crippen MR) is 49.2 cm³/mol. The van der Waals surface area contributed by atoms with E-state index in [0.29, 0.717) is 18.2 Å². The summed E-state index contributed by atoms with van der Waals surface area (Å²) in [5, 5.41) is 0. The smallest absolute Gasteiger partial charge is 0.0731 e. The van der Waals surface area contributed by atoms with Crippen molar-refractivity contribution in [2.24, 2.45) is 5.92 Å². The van der Waals surface area contributed by atoms with Crippen LogP contribution in [-0.2, 0) is 4.74 Å². The fourth-order valence-electron chi connectivity index (χ4n) is 2.55. The van der Waals surface area contributed by atoms with E-state index in [0.717, 1.165) is 12.5 Å². The zero-order chi connectivity index (χ0) is 8.72. The van der Waals surface area contributed by atoms with Crippen LogP contribution in [0.5, 0.6) is 0 Å². The summed E-state index contributed by atoms with van der Waals surface area (Å²) in [6, 6.07) is 1.30. The summed E-state index contributed by atoms with van der Waals surface area (Å²) in [7, 11) is 0. The molecule has 0 spiro atoms. The quantitative estimate of drug-likeness (QED) is 0.590. The maximum absolute atomic E-state index is 5.73. The molecule has 2 aliphatic rings. The van der Waals surface area contributed by atoms with E-state index < -0.39 is 0 Å². The van der Waals surface area contributed by atoms with Crippen LogP contribution in [0.3, 0.4) is 0 Å². The number of fused-ring (bicyclic) bond motifs is 2. The van der Waals surface area contributed by atoms with Gasteiger partial charge in [0, 0.05) is 18.6 Å². The van der Waals surface area contributed by atoms with Crippen molar-refractivity contribution in [1.82, 2.24) is 4.90 Å². The summed E-state index contributed by atoms with van der Waals surface area (Å²) >= 11 is 0. The second-order valence-electron chi connectivity index (χ2n) is 4.50. The summed E-state index contributed by atoms with van der Waals surface area (Å²) in [6.45, 7) is 9.10. The third kappa shape index (κ3) is 1.27. The Morgan fingerprint density at radius 2 is 2.17 bits per heavy atom. The molecule has 70 valence electrons. The van der Waals surface area contributed by atoms with Crippen LogP contribution in [0.25, 0.3) is 0 Å². The highest BCUT2D eigenvalue weighted by atomic mass is 16.5. The van der Waals surface area contributed by atoms with E-state index in [4.69, 9.17) is 4.74 Å². The molecule has 2 heteroatoms. The number of piperidine rings is 1. The molecular formula is C10H19NO. The minimum atomic E-state index is 0.520. The van der Waals surface area contributed by atoms with Gasteiger partial charge in [0.25, 0.3) is 0 Å². The third-order valence-corrected chi connectivity index (χ3v) is 3.31. The summed E-state index contributed by atoms with van der Waals surface area (Å²) in [6.07, 6.45) is 1.82. The molecule has 2 saturated heterocycles. The standard InChI is InChI=1S/C10H19NO/c1-7(2)11-5-9-4-10(8(11)3)12-6-9/h7-10H,4-6H2,1-3H3/t8-,9-,10+/m1/s1. The Bertz CT molecular complexity index is 169. The molecule has 0 aromatic carbocycles.